The van der Waals surface area contributed by atoms with Gasteiger partial charge in [-0.05, 0) is 43.9 Å². The first kappa shape index (κ1) is 29.2. The zero-order valence-electron chi connectivity index (χ0n) is 24.3. The number of benzene rings is 2. The second-order valence-corrected chi connectivity index (χ2v) is 12.1. The van der Waals surface area contributed by atoms with Crippen LogP contribution in [-0.4, -0.2) is 61.5 Å². The second kappa shape index (κ2) is 12.3. The molecule has 0 saturated carbocycles. The van der Waals surface area contributed by atoms with Crippen molar-refractivity contribution in [3.8, 4) is 11.4 Å². The monoisotopic (exact) mass is 588 g/mol. The summed E-state index contributed by atoms with van der Waals surface area (Å²) in [5, 5.41) is 11.1. The number of nitrogens with two attached hydrogens (primary N) is 1. The number of nitrogen functional groups attached to an aromatic ring is 1. The van der Waals surface area contributed by atoms with E-state index in [9.17, 15) is 14.4 Å². The summed E-state index contributed by atoms with van der Waals surface area (Å²) in [6.07, 6.45) is 0.625. The van der Waals surface area contributed by atoms with E-state index in [1.807, 2.05) is 63.2 Å². The minimum atomic E-state index is -0.731. The number of aryl methyl sites for hydroxylation is 1. The molecule has 3 heterocycles. The summed E-state index contributed by atoms with van der Waals surface area (Å²) in [5.41, 5.74) is 9.00. The van der Waals surface area contributed by atoms with Crippen LogP contribution in [0.15, 0.2) is 42.5 Å². The highest BCUT2D eigenvalue weighted by atomic mass is 32.1. The molecule has 220 valence electrons. The zero-order valence-corrected chi connectivity index (χ0v) is 25.1. The molecule has 0 saturated heterocycles. The molecule has 5 rings (SSSR count). The molecule has 0 radical (unpaired) electrons. The molecule has 0 bridgehead atoms. The summed E-state index contributed by atoms with van der Waals surface area (Å²) < 4.78 is 2.65. The normalized spacial score (nSPS) is 18.8. The van der Waals surface area contributed by atoms with Crippen molar-refractivity contribution >= 4 is 44.4 Å². The topological polar surface area (TPSA) is 148 Å². The highest BCUT2D eigenvalue weighted by Crippen LogP contribution is 2.29. The average molecular weight is 589 g/mol. The molecular weight excluding hydrogens is 552 g/mol. The number of hydrogen-bond acceptors (Lipinski definition) is 8. The molecule has 1 aliphatic heterocycles. The molecule has 2 aromatic carbocycles. The number of nitrogens with zero attached hydrogens (tertiary/aromatic N) is 5. The van der Waals surface area contributed by atoms with Crippen molar-refractivity contribution in [2.24, 2.45) is 5.92 Å². The molecular formula is C30H36N8O3S. The van der Waals surface area contributed by atoms with Gasteiger partial charge < -0.3 is 21.3 Å². The number of rotatable bonds is 3. The van der Waals surface area contributed by atoms with Crippen LogP contribution in [0.4, 0.5) is 5.13 Å². The molecule has 0 spiro atoms. The lowest BCUT2D eigenvalue weighted by molar-refractivity contribution is -0.129. The number of amides is 3. The third kappa shape index (κ3) is 6.28. The third-order valence-electron chi connectivity index (χ3n) is 7.40. The SMILES string of the molecule is Cc1cc(C(=O)N2CCCC(=O)N[C@H](C)C(=O)N[C@@H](C(C)C)c3nc(-c4ccccc4)nn3CC2)cc2sc(N)nc12. The van der Waals surface area contributed by atoms with Gasteiger partial charge in [-0.15, -0.1) is 0 Å². The first-order valence-electron chi connectivity index (χ1n) is 14.2. The van der Waals surface area contributed by atoms with Gasteiger partial charge in [-0.25, -0.2) is 14.6 Å². The molecule has 4 aromatic rings. The van der Waals surface area contributed by atoms with Crippen molar-refractivity contribution in [1.29, 1.82) is 0 Å². The van der Waals surface area contributed by atoms with Gasteiger partial charge in [-0.3, -0.25) is 14.4 Å². The van der Waals surface area contributed by atoms with Crippen molar-refractivity contribution in [2.45, 2.75) is 59.2 Å². The van der Waals surface area contributed by atoms with E-state index in [1.165, 1.54) is 11.3 Å². The molecule has 42 heavy (non-hydrogen) atoms. The van der Waals surface area contributed by atoms with Gasteiger partial charge in [-0.2, -0.15) is 5.10 Å². The Bertz CT molecular complexity index is 1610. The Hall–Kier alpha value is -4.32. The predicted octanol–water partition coefficient (Wildman–Crippen LogP) is 3.70. The Labute approximate surface area is 248 Å². The fraction of sp³-hybridized carbons (Fsp3) is 0.400. The van der Waals surface area contributed by atoms with E-state index in [4.69, 9.17) is 15.8 Å². The van der Waals surface area contributed by atoms with Crippen molar-refractivity contribution in [3.63, 3.8) is 0 Å². The minimum Gasteiger partial charge on any atom is -0.375 e. The number of carbonyl (C=O) groups excluding carboxylic acids is 3. The highest BCUT2D eigenvalue weighted by molar-refractivity contribution is 7.22. The van der Waals surface area contributed by atoms with Crippen LogP contribution in [0, 0.1) is 12.8 Å². The van der Waals surface area contributed by atoms with E-state index in [0.29, 0.717) is 48.4 Å². The van der Waals surface area contributed by atoms with E-state index >= 15 is 0 Å². The maximum atomic E-state index is 13.9. The summed E-state index contributed by atoms with van der Waals surface area (Å²) in [7, 11) is 0. The average Bonchev–Trinajstić information content (AvgIpc) is 3.56. The van der Waals surface area contributed by atoms with Crippen LogP contribution in [-0.2, 0) is 16.1 Å². The fourth-order valence-corrected chi connectivity index (χ4v) is 5.98. The smallest absolute Gasteiger partial charge is 0.253 e. The van der Waals surface area contributed by atoms with Gasteiger partial charge in [0.2, 0.25) is 11.8 Å². The van der Waals surface area contributed by atoms with Crippen LogP contribution in [0.2, 0.25) is 0 Å². The summed E-state index contributed by atoms with van der Waals surface area (Å²) in [6.45, 7) is 8.63. The van der Waals surface area contributed by atoms with Crippen LogP contribution in [0.25, 0.3) is 21.6 Å². The quantitative estimate of drug-likeness (QED) is 0.331. The molecule has 0 unspecified atom stereocenters. The van der Waals surface area contributed by atoms with Crippen LogP contribution in [0.3, 0.4) is 0 Å². The van der Waals surface area contributed by atoms with Gasteiger partial charge in [0.15, 0.2) is 16.8 Å². The molecule has 12 heteroatoms. The lowest BCUT2D eigenvalue weighted by Crippen LogP contribution is -2.47. The number of aromatic nitrogens is 4. The van der Waals surface area contributed by atoms with Gasteiger partial charge in [0, 0.05) is 30.6 Å². The van der Waals surface area contributed by atoms with Crippen LogP contribution < -0.4 is 16.4 Å². The first-order chi connectivity index (χ1) is 20.1. The first-order valence-corrected chi connectivity index (χ1v) is 15.0. The van der Waals surface area contributed by atoms with Crippen LogP contribution in [0.5, 0.6) is 0 Å². The molecule has 3 amide bonds. The van der Waals surface area contributed by atoms with Crippen LogP contribution >= 0.6 is 11.3 Å². The summed E-state index contributed by atoms with van der Waals surface area (Å²) in [4.78, 5) is 50.7. The minimum absolute atomic E-state index is 0.0180. The zero-order chi connectivity index (χ0) is 30.0. The van der Waals surface area contributed by atoms with Crippen molar-refractivity contribution < 1.29 is 14.4 Å². The largest absolute Gasteiger partial charge is 0.375 e. The Morgan fingerprint density at radius 3 is 2.57 bits per heavy atom. The molecule has 0 aliphatic carbocycles. The lowest BCUT2D eigenvalue weighted by atomic mass is 10.0. The van der Waals surface area contributed by atoms with Gasteiger partial charge in [0.1, 0.15) is 6.04 Å². The molecule has 2 atom stereocenters. The Morgan fingerprint density at radius 2 is 1.83 bits per heavy atom. The van der Waals surface area contributed by atoms with Gasteiger partial charge in [0.05, 0.1) is 22.8 Å². The Balaban J connectivity index is 1.52. The van der Waals surface area contributed by atoms with Crippen molar-refractivity contribution in [1.82, 2.24) is 35.3 Å². The molecule has 11 nitrogen and oxygen atoms in total. The van der Waals surface area contributed by atoms with Gasteiger partial charge in [0.25, 0.3) is 5.91 Å². The highest BCUT2D eigenvalue weighted by Gasteiger charge is 2.29. The summed E-state index contributed by atoms with van der Waals surface area (Å²) >= 11 is 1.35. The summed E-state index contributed by atoms with van der Waals surface area (Å²) in [6, 6.07) is 12.1. The van der Waals surface area contributed by atoms with E-state index in [2.05, 4.69) is 15.6 Å². The Morgan fingerprint density at radius 1 is 1.07 bits per heavy atom. The van der Waals surface area contributed by atoms with E-state index in [-0.39, 0.29) is 30.1 Å². The van der Waals surface area contributed by atoms with E-state index < -0.39 is 12.1 Å². The lowest BCUT2D eigenvalue weighted by Gasteiger charge is -2.27. The number of thiazole rings is 1. The number of carbonyl (C=O) groups is 3. The van der Waals surface area contributed by atoms with E-state index in [1.54, 1.807) is 16.5 Å². The number of fused-ring (bicyclic) bond motifs is 2. The van der Waals surface area contributed by atoms with E-state index in [0.717, 1.165) is 21.3 Å². The number of hydrogen-bond donors (Lipinski definition) is 3. The van der Waals surface area contributed by atoms with Gasteiger partial charge >= 0.3 is 0 Å². The second-order valence-electron chi connectivity index (χ2n) is 11.0. The summed E-state index contributed by atoms with van der Waals surface area (Å²) in [5.74, 6) is 0.439. The van der Waals surface area contributed by atoms with Crippen molar-refractivity contribution in [3.05, 3.63) is 59.4 Å². The molecule has 0 fully saturated rings. The standard InChI is InChI=1S/C30H36N8O3S/c1-17(2)24-27-35-26(20-9-6-5-7-10-20)36-38(27)14-13-37(12-8-11-23(39)32-19(4)28(40)33-24)29(41)21-15-18(3)25-22(16-21)42-30(31)34-25/h5-7,9-10,15-17,19,24H,8,11-14H2,1-4H3,(H2,31,34)(H,32,39)(H,33,40)/t19-,24+/m1/s1. The maximum Gasteiger partial charge on any atom is 0.253 e. The number of anilines is 1. The predicted molar refractivity (Wildman–Crippen MR) is 163 cm³/mol. The third-order valence-corrected chi connectivity index (χ3v) is 8.23. The molecule has 1 aliphatic rings. The van der Waals surface area contributed by atoms with Crippen molar-refractivity contribution in [2.75, 3.05) is 18.8 Å². The Kier molecular flexibility index (Phi) is 8.53. The number of nitrogens with one attached hydrogen (secondary N) is 2. The molecule has 2 aromatic heterocycles. The molecule has 4 N–H and O–H groups in total. The van der Waals surface area contributed by atoms with Crippen LogP contribution in [0.1, 0.15) is 61.4 Å². The fourth-order valence-electron chi connectivity index (χ4n) is 5.13. The van der Waals surface area contributed by atoms with Gasteiger partial charge in [-0.1, -0.05) is 55.5 Å². The maximum absolute atomic E-state index is 13.9.